The normalized spacial score (nSPS) is 12.9. The summed E-state index contributed by atoms with van der Waals surface area (Å²) in [5.74, 6) is 0.00603. The maximum absolute atomic E-state index is 13.7. The van der Waals surface area contributed by atoms with Crippen LogP contribution < -0.4 is 21.5 Å². The lowest BCUT2D eigenvalue weighted by atomic mass is 9.90. The van der Waals surface area contributed by atoms with Gasteiger partial charge in [-0.15, -0.1) is 11.8 Å². The lowest BCUT2D eigenvalue weighted by Crippen LogP contribution is -2.33. The second-order valence-electron chi connectivity index (χ2n) is 6.36. The van der Waals surface area contributed by atoms with E-state index in [1.807, 2.05) is 19.1 Å². The predicted octanol–water partition coefficient (Wildman–Crippen LogP) is 3.81. The molecule has 0 aliphatic rings. The van der Waals surface area contributed by atoms with Crippen molar-refractivity contribution in [2.24, 2.45) is 11.5 Å². The van der Waals surface area contributed by atoms with Gasteiger partial charge in [0.05, 0.1) is 12.1 Å². The number of carbonyl (C=O) groups is 1. The molecule has 144 valence electrons. The number of methoxy groups -OCH3 is 1. The van der Waals surface area contributed by atoms with Crippen LogP contribution >= 0.6 is 11.8 Å². The predicted molar refractivity (Wildman–Crippen MR) is 109 cm³/mol. The standard InChI is InChI=1S/C20H24FN3O2S/c1-13(22)27-11-10-20(2,23)15-6-4-14(5-7-15)19(25)24-16-8-9-18(26-3)17(21)12-16/h4-9,12H,1,10-11,22-23H2,2-3H3,(H,24,25). The van der Waals surface area contributed by atoms with Crippen LogP contribution in [0, 0.1) is 5.82 Å². The molecule has 1 atom stereocenters. The minimum atomic E-state index is -0.545. The number of anilines is 1. The molecule has 5 nitrogen and oxygen atoms in total. The molecule has 0 aliphatic carbocycles. The Morgan fingerprint density at radius 2 is 1.96 bits per heavy atom. The third-order valence-corrected chi connectivity index (χ3v) is 4.90. The molecule has 2 rings (SSSR count). The number of rotatable bonds is 8. The van der Waals surface area contributed by atoms with Crippen LogP contribution in [0.3, 0.4) is 0 Å². The highest BCUT2D eigenvalue weighted by molar-refractivity contribution is 8.02. The quantitative estimate of drug-likeness (QED) is 0.639. The zero-order valence-electron chi connectivity index (χ0n) is 15.4. The van der Waals surface area contributed by atoms with E-state index in [1.54, 1.807) is 18.2 Å². The Bertz CT molecular complexity index is 822. The summed E-state index contributed by atoms with van der Waals surface area (Å²) in [4.78, 5) is 12.4. The van der Waals surface area contributed by atoms with Gasteiger partial charge in [0.25, 0.3) is 5.91 Å². The Morgan fingerprint density at radius 3 is 2.52 bits per heavy atom. The molecule has 7 heteroatoms. The summed E-state index contributed by atoms with van der Waals surface area (Å²) in [7, 11) is 1.38. The number of ether oxygens (including phenoxy) is 1. The molecule has 0 saturated heterocycles. The van der Waals surface area contributed by atoms with E-state index >= 15 is 0 Å². The fourth-order valence-corrected chi connectivity index (χ4v) is 3.28. The molecular formula is C20H24FN3O2S. The molecule has 0 heterocycles. The molecule has 0 spiro atoms. The van der Waals surface area contributed by atoms with Gasteiger partial charge < -0.3 is 21.5 Å². The van der Waals surface area contributed by atoms with E-state index in [1.165, 1.54) is 31.0 Å². The fourth-order valence-electron chi connectivity index (χ4n) is 2.49. The first-order chi connectivity index (χ1) is 12.7. The molecule has 5 N–H and O–H groups in total. The minimum Gasteiger partial charge on any atom is -0.494 e. The Morgan fingerprint density at radius 1 is 1.30 bits per heavy atom. The fraction of sp³-hybridized carbons (Fsp3) is 0.250. The van der Waals surface area contributed by atoms with Crippen LogP contribution in [-0.4, -0.2) is 18.8 Å². The Hall–Kier alpha value is -2.51. The van der Waals surface area contributed by atoms with Crippen LogP contribution in [0.1, 0.15) is 29.3 Å². The van der Waals surface area contributed by atoms with E-state index in [2.05, 4.69) is 11.9 Å². The van der Waals surface area contributed by atoms with Crippen LogP contribution in [0.5, 0.6) is 5.75 Å². The minimum absolute atomic E-state index is 0.121. The molecule has 1 amide bonds. The van der Waals surface area contributed by atoms with Crippen LogP contribution in [0.2, 0.25) is 0 Å². The van der Waals surface area contributed by atoms with Crippen molar-refractivity contribution in [2.75, 3.05) is 18.2 Å². The van der Waals surface area contributed by atoms with E-state index in [4.69, 9.17) is 16.2 Å². The number of carbonyl (C=O) groups excluding carboxylic acids is 1. The summed E-state index contributed by atoms with van der Waals surface area (Å²) in [5, 5.41) is 3.23. The van der Waals surface area contributed by atoms with Crippen LogP contribution in [0.15, 0.2) is 54.1 Å². The largest absolute Gasteiger partial charge is 0.494 e. The second-order valence-corrected chi connectivity index (χ2v) is 7.58. The Kier molecular flexibility index (Phi) is 6.87. The molecule has 2 aromatic rings. The first-order valence-electron chi connectivity index (χ1n) is 8.34. The third kappa shape index (κ3) is 5.74. The highest BCUT2D eigenvalue weighted by Gasteiger charge is 2.21. The number of benzene rings is 2. The van der Waals surface area contributed by atoms with Gasteiger partial charge in [0.1, 0.15) is 0 Å². The van der Waals surface area contributed by atoms with Gasteiger partial charge in [-0.2, -0.15) is 0 Å². The third-order valence-electron chi connectivity index (χ3n) is 4.13. The lowest BCUT2D eigenvalue weighted by molar-refractivity contribution is 0.102. The zero-order chi connectivity index (χ0) is 20.0. The number of halogens is 1. The van der Waals surface area contributed by atoms with Gasteiger partial charge in [0.2, 0.25) is 0 Å². The van der Waals surface area contributed by atoms with Crippen molar-refractivity contribution in [1.29, 1.82) is 0 Å². The molecule has 0 radical (unpaired) electrons. The van der Waals surface area contributed by atoms with E-state index in [-0.39, 0.29) is 11.7 Å². The van der Waals surface area contributed by atoms with Crippen molar-refractivity contribution in [3.05, 3.63) is 71.0 Å². The summed E-state index contributed by atoms with van der Waals surface area (Å²) < 4.78 is 18.6. The summed E-state index contributed by atoms with van der Waals surface area (Å²) in [5.41, 5.74) is 13.1. The van der Waals surface area contributed by atoms with Crippen LogP contribution in [0.25, 0.3) is 0 Å². The number of thioether (sulfide) groups is 1. The Labute approximate surface area is 163 Å². The smallest absolute Gasteiger partial charge is 0.255 e. The van der Waals surface area contributed by atoms with Crippen molar-refractivity contribution in [3.8, 4) is 5.75 Å². The molecule has 1 unspecified atom stereocenters. The SMILES string of the molecule is C=C(N)SCCC(C)(N)c1ccc(C(=O)Nc2ccc(OC)c(F)c2)cc1. The van der Waals surface area contributed by atoms with Crippen molar-refractivity contribution in [2.45, 2.75) is 18.9 Å². The molecule has 0 aromatic heterocycles. The lowest BCUT2D eigenvalue weighted by Gasteiger charge is -2.25. The molecule has 0 saturated carbocycles. The molecule has 0 fully saturated rings. The van der Waals surface area contributed by atoms with Gasteiger partial charge in [-0.1, -0.05) is 18.7 Å². The molecular weight excluding hydrogens is 365 g/mol. The first kappa shape index (κ1) is 20.8. The van der Waals surface area contributed by atoms with Crippen LogP contribution in [0.4, 0.5) is 10.1 Å². The molecule has 0 aliphatic heterocycles. The Balaban J connectivity index is 2.04. The number of hydrogen-bond donors (Lipinski definition) is 3. The van der Waals surface area contributed by atoms with Crippen LogP contribution in [-0.2, 0) is 5.54 Å². The molecule has 2 aromatic carbocycles. The summed E-state index contributed by atoms with van der Waals surface area (Å²) >= 11 is 1.47. The highest BCUT2D eigenvalue weighted by atomic mass is 32.2. The van der Waals surface area contributed by atoms with Crippen molar-refractivity contribution in [3.63, 3.8) is 0 Å². The number of nitrogens with one attached hydrogen (secondary N) is 1. The van der Waals surface area contributed by atoms with E-state index in [0.29, 0.717) is 22.7 Å². The molecule has 0 bridgehead atoms. The van der Waals surface area contributed by atoms with Gasteiger partial charge in [-0.25, -0.2) is 4.39 Å². The van der Waals surface area contributed by atoms with Gasteiger partial charge >= 0.3 is 0 Å². The number of amides is 1. The number of hydrogen-bond acceptors (Lipinski definition) is 5. The highest BCUT2D eigenvalue weighted by Crippen LogP contribution is 2.25. The van der Waals surface area contributed by atoms with Gasteiger partial charge in [0, 0.05) is 28.6 Å². The van der Waals surface area contributed by atoms with Crippen molar-refractivity contribution < 1.29 is 13.9 Å². The van der Waals surface area contributed by atoms with Gasteiger partial charge in [0.15, 0.2) is 11.6 Å². The average molecular weight is 389 g/mol. The van der Waals surface area contributed by atoms with E-state index in [9.17, 15) is 9.18 Å². The average Bonchev–Trinajstić information content (AvgIpc) is 2.61. The monoisotopic (exact) mass is 389 g/mol. The first-order valence-corrected chi connectivity index (χ1v) is 9.33. The molecule has 27 heavy (non-hydrogen) atoms. The van der Waals surface area contributed by atoms with Gasteiger partial charge in [-0.3, -0.25) is 4.79 Å². The topological polar surface area (TPSA) is 90.4 Å². The van der Waals surface area contributed by atoms with Gasteiger partial charge in [-0.05, 0) is 43.2 Å². The second kappa shape index (κ2) is 8.92. The maximum atomic E-state index is 13.7. The van der Waals surface area contributed by atoms with E-state index in [0.717, 1.165) is 11.3 Å². The number of nitrogens with two attached hydrogens (primary N) is 2. The van der Waals surface area contributed by atoms with E-state index < -0.39 is 11.4 Å². The summed E-state index contributed by atoms with van der Waals surface area (Å²) in [6, 6.07) is 11.3. The summed E-state index contributed by atoms with van der Waals surface area (Å²) in [6.45, 7) is 5.59. The zero-order valence-corrected chi connectivity index (χ0v) is 16.2. The van der Waals surface area contributed by atoms with Crippen molar-refractivity contribution >= 4 is 23.4 Å². The van der Waals surface area contributed by atoms with Crippen molar-refractivity contribution in [1.82, 2.24) is 0 Å². The maximum Gasteiger partial charge on any atom is 0.255 e. The summed E-state index contributed by atoms with van der Waals surface area (Å²) in [6.07, 6.45) is 0.713.